The smallest absolute Gasteiger partial charge is 0.412 e. The second-order valence-electron chi connectivity index (χ2n) is 9.39. The van der Waals surface area contributed by atoms with Crippen LogP contribution in [-0.4, -0.2) is 28.9 Å². The average Bonchev–Trinajstić information content (AvgIpc) is 3.14. The maximum atomic E-state index is 12.6. The average molecular weight is 512 g/mol. The summed E-state index contributed by atoms with van der Waals surface area (Å²) in [5.41, 5.74) is 6.26. The van der Waals surface area contributed by atoms with Gasteiger partial charge < -0.3 is 19.7 Å². The molecule has 1 amide bonds. The lowest BCUT2D eigenvalue weighted by Crippen LogP contribution is -2.16. The maximum absolute atomic E-state index is 12.6. The number of benzene rings is 3. The van der Waals surface area contributed by atoms with Crippen LogP contribution in [0.3, 0.4) is 0 Å². The number of carboxylic acid groups (broad SMARTS) is 1. The van der Waals surface area contributed by atoms with E-state index >= 15 is 0 Å². The molecule has 8 heteroatoms. The van der Waals surface area contributed by atoms with Crippen LogP contribution in [0.5, 0.6) is 0 Å². The van der Waals surface area contributed by atoms with Gasteiger partial charge in [0.15, 0.2) is 5.76 Å². The Hall–Kier alpha value is -4.59. The van der Waals surface area contributed by atoms with Gasteiger partial charge >= 0.3 is 12.1 Å². The number of hydrogen-bond donors (Lipinski definition) is 3. The van der Waals surface area contributed by atoms with E-state index in [9.17, 15) is 14.7 Å². The number of aromatic nitrogens is 1. The highest BCUT2D eigenvalue weighted by molar-refractivity contribution is 5.91. The normalized spacial score (nSPS) is 15.5. The fourth-order valence-corrected chi connectivity index (χ4v) is 4.75. The van der Waals surface area contributed by atoms with Crippen LogP contribution in [0.4, 0.5) is 16.2 Å². The Morgan fingerprint density at radius 2 is 1.76 bits per heavy atom. The molecule has 5 rings (SSSR count). The van der Waals surface area contributed by atoms with Gasteiger partial charge in [0.2, 0.25) is 0 Å². The van der Waals surface area contributed by atoms with E-state index in [1.165, 1.54) is 0 Å². The van der Waals surface area contributed by atoms with Crippen molar-refractivity contribution in [3.63, 3.8) is 0 Å². The Morgan fingerprint density at radius 3 is 2.50 bits per heavy atom. The van der Waals surface area contributed by atoms with Gasteiger partial charge in [-0.2, -0.15) is 0 Å². The van der Waals surface area contributed by atoms with Crippen LogP contribution in [0.2, 0.25) is 0 Å². The number of fused-ring (bicyclic) bond motifs is 1. The molecule has 4 aromatic rings. The monoisotopic (exact) mass is 511 g/mol. The molecule has 2 atom stereocenters. The maximum Gasteiger partial charge on any atom is 0.412 e. The Morgan fingerprint density at radius 1 is 1.05 bits per heavy atom. The Labute approximate surface area is 220 Å². The lowest BCUT2D eigenvalue weighted by atomic mass is 9.92. The van der Waals surface area contributed by atoms with Crippen molar-refractivity contribution in [1.82, 2.24) is 5.16 Å². The van der Waals surface area contributed by atoms with Crippen LogP contribution in [-0.2, 0) is 9.53 Å². The number of carboxylic acids is 1. The van der Waals surface area contributed by atoms with E-state index < -0.39 is 24.1 Å². The van der Waals surface area contributed by atoms with Crippen LogP contribution in [0.1, 0.15) is 48.6 Å². The summed E-state index contributed by atoms with van der Waals surface area (Å²) >= 11 is 0. The van der Waals surface area contributed by atoms with Crippen molar-refractivity contribution in [2.45, 2.75) is 38.7 Å². The molecule has 0 radical (unpaired) electrons. The summed E-state index contributed by atoms with van der Waals surface area (Å²) in [6, 6.07) is 23.1. The van der Waals surface area contributed by atoms with Crippen molar-refractivity contribution in [2.24, 2.45) is 0 Å². The molecule has 0 fully saturated rings. The van der Waals surface area contributed by atoms with Crippen LogP contribution in [0.25, 0.3) is 22.5 Å². The number of amides is 1. The molecule has 1 aliphatic rings. The molecule has 8 nitrogen and oxygen atoms in total. The molecule has 0 saturated carbocycles. The van der Waals surface area contributed by atoms with Crippen molar-refractivity contribution in [3.05, 3.63) is 89.6 Å². The zero-order valence-electron chi connectivity index (χ0n) is 21.2. The van der Waals surface area contributed by atoms with E-state index in [1.54, 1.807) is 6.92 Å². The topological polar surface area (TPSA) is 114 Å². The largest absolute Gasteiger partial charge is 0.481 e. The first-order chi connectivity index (χ1) is 18.4. The van der Waals surface area contributed by atoms with E-state index in [2.05, 4.69) is 15.8 Å². The highest BCUT2D eigenvalue weighted by atomic mass is 16.6. The van der Waals surface area contributed by atoms with E-state index in [4.69, 9.17) is 9.26 Å². The fourth-order valence-electron chi connectivity index (χ4n) is 4.75. The summed E-state index contributed by atoms with van der Waals surface area (Å²) in [7, 11) is 0. The van der Waals surface area contributed by atoms with Crippen molar-refractivity contribution < 1.29 is 24.0 Å². The van der Waals surface area contributed by atoms with Crippen molar-refractivity contribution in [2.75, 3.05) is 17.2 Å². The second kappa shape index (κ2) is 10.8. The Bertz CT molecular complexity index is 1450. The number of carbonyl (C=O) groups excluding carboxylic acids is 1. The minimum absolute atomic E-state index is 0.416. The van der Waals surface area contributed by atoms with Gasteiger partial charge in [-0.3, -0.25) is 10.1 Å². The molecule has 0 bridgehead atoms. The minimum Gasteiger partial charge on any atom is -0.481 e. The Kier molecular flexibility index (Phi) is 7.13. The summed E-state index contributed by atoms with van der Waals surface area (Å²) in [6.07, 6.45) is 0.416. The van der Waals surface area contributed by atoms with Crippen molar-refractivity contribution in [3.8, 4) is 22.5 Å². The van der Waals surface area contributed by atoms with Gasteiger partial charge in [-0.05, 0) is 55.0 Å². The van der Waals surface area contributed by atoms with Gasteiger partial charge in [-0.15, -0.1) is 0 Å². The standard InChI is InChI=1S/C30H29N3O5/c1-18-27(32-30(36)37-19(2)20-7-4-3-5-8-20)28(38-33-18)22-12-10-21(11-13-22)23-14-15-24-25(29(34)35)9-6-16-31-26(24)17-23/h3-5,7-8,10-15,17,19,25,31H,6,9,16H2,1-2H3,(H,32,36)(H,34,35). The SMILES string of the molecule is Cc1noc(-c2ccc(-c3ccc4c(c3)NCCCC4C(=O)O)cc2)c1NC(=O)OC(C)c1ccccc1. The molecule has 0 aliphatic carbocycles. The lowest BCUT2D eigenvalue weighted by Gasteiger charge is -2.15. The quantitative estimate of drug-likeness (QED) is 0.255. The molecule has 3 aromatic carbocycles. The predicted molar refractivity (Wildman–Crippen MR) is 145 cm³/mol. The van der Waals surface area contributed by atoms with E-state index in [1.807, 2.05) is 79.7 Å². The molecule has 2 unspecified atom stereocenters. The zero-order chi connectivity index (χ0) is 26.6. The van der Waals surface area contributed by atoms with E-state index in [0.29, 0.717) is 23.6 Å². The van der Waals surface area contributed by atoms with Gasteiger partial charge in [0.05, 0.1) is 5.92 Å². The first kappa shape index (κ1) is 25.1. The number of ether oxygens (including phenoxy) is 1. The molecule has 3 N–H and O–H groups in total. The summed E-state index contributed by atoms with van der Waals surface area (Å²) in [4.78, 5) is 24.4. The third-order valence-electron chi connectivity index (χ3n) is 6.83. The number of hydrogen-bond acceptors (Lipinski definition) is 6. The van der Waals surface area contributed by atoms with Crippen molar-refractivity contribution in [1.29, 1.82) is 0 Å². The summed E-state index contributed by atoms with van der Waals surface area (Å²) < 4.78 is 11.1. The van der Waals surface area contributed by atoms with Gasteiger partial charge in [0.25, 0.3) is 0 Å². The molecular formula is C30H29N3O5. The third kappa shape index (κ3) is 5.25. The third-order valence-corrected chi connectivity index (χ3v) is 6.83. The Balaban J connectivity index is 1.34. The molecule has 2 heterocycles. The van der Waals surface area contributed by atoms with Gasteiger partial charge in [-0.1, -0.05) is 71.9 Å². The van der Waals surface area contributed by atoms with Crippen molar-refractivity contribution >= 4 is 23.4 Å². The van der Waals surface area contributed by atoms with E-state index in [-0.39, 0.29) is 0 Å². The number of rotatable bonds is 6. The first-order valence-corrected chi connectivity index (χ1v) is 12.6. The highest BCUT2D eigenvalue weighted by Gasteiger charge is 2.25. The number of nitrogens with zero attached hydrogens (tertiary/aromatic N) is 1. The molecule has 38 heavy (non-hydrogen) atoms. The molecule has 1 aromatic heterocycles. The second-order valence-corrected chi connectivity index (χ2v) is 9.39. The molecule has 0 spiro atoms. The van der Waals surface area contributed by atoms with Gasteiger partial charge in [0.1, 0.15) is 17.5 Å². The number of aliphatic carboxylic acids is 1. The number of carbonyl (C=O) groups is 2. The van der Waals surface area contributed by atoms with Gasteiger partial charge in [0, 0.05) is 17.8 Å². The molecule has 194 valence electrons. The predicted octanol–water partition coefficient (Wildman–Crippen LogP) is 7.00. The van der Waals surface area contributed by atoms with Crippen LogP contribution in [0.15, 0.2) is 77.3 Å². The number of nitrogens with one attached hydrogen (secondary N) is 2. The highest BCUT2D eigenvalue weighted by Crippen LogP contribution is 2.36. The molecule has 0 saturated heterocycles. The lowest BCUT2D eigenvalue weighted by molar-refractivity contribution is -0.138. The van der Waals surface area contributed by atoms with E-state index in [0.717, 1.165) is 46.5 Å². The van der Waals surface area contributed by atoms with Crippen LogP contribution >= 0.6 is 0 Å². The summed E-state index contributed by atoms with van der Waals surface area (Å²) in [6.45, 7) is 4.31. The number of aryl methyl sites for hydroxylation is 1. The van der Waals surface area contributed by atoms with Crippen LogP contribution in [0, 0.1) is 6.92 Å². The fraction of sp³-hybridized carbons (Fsp3) is 0.233. The number of anilines is 2. The molecular weight excluding hydrogens is 482 g/mol. The van der Waals surface area contributed by atoms with Crippen LogP contribution < -0.4 is 10.6 Å². The zero-order valence-corrected chi connectivity index (χ0v) is 21.2. The summed E-state index contributed by atoms with van der Waals surface area (Å²) in [5.74, 6) is -0.858. The first-order valence-electron chi connectivity index (χ1n) is 12.6. The minimum atomic E-state index is -0.794. The molecule has 1 aliphatic heterocycles. The summed E-state index contributed by atoms with van der Waals surface area (Å²) in [5, 5.41) is 19.8. The van der Waals surface area contributed by atoms with Gasteiger partial charge in [-0.25, -0.2) is 4.79 Å².